The standard InChI is InChI=1S/C55H90N6O17.H2/c1-39(62)40(34-48(65)46(56)35-43-36-57-38-60-43)18-16-17-27-58-50(67)26-23-47(55(75)76)61-51(68)25-22-42(54(73)74)33-45(64)37-78-31-30-77-29-28-59-49(66)24-21-41(53(71)72)32-44(63)19-14-12-10-8-6-4-2-3-5-7-9-11-13-15-20-52(69)70;/h36,38,40-42,46-47H,2-35,37,56H2,1H3,(H,57,60)(H,58,67)(H,59,66)(H,61,68)(H,69,70)(H,71,72)(H,73,74)(H,75,76);1H/t40-,41-,42-,46+,47+;/m1./s1. The summed E-state index contributed by atoms with van der Waals surface area (Å²) in [5, 5.41) is 45.2. The number of hydrogen-bond donors (Lipinski definition) is 9. The summed E-state index contributed by atoms with van der Waals surface area (Å²) in [7, 11) is 0. The quantitative estimate of drug-likeness (QED) is 0.0354. The van der Waals surface area contributed by atoms with Crippen LogP contribution in [0.2, 0.25) is 0 Å². The van der Waals surface area contributed by atoms with Crippen LogP contribution in [0.1, 0.15) is 194 Å². The number of Topliss-reactive ketones (excluding diaryl/α,β-unsaturated/α-hetero) is 4. The molecule has 1 heterocycles. The molecule has 0 spiro atoms. The van der Waals surface area contributed by atoms with Gasteiger partial charge in [-0.3, -0.25) is 47.9 Å². The molecule has 0 aliphatic rings. The summed E-state index contributed by atoms with van der Waals surface area (Å²) in [6.07, 6.45) is 18.4. The summed E-state index contributed by atoms with van der Waals surface area (Å²) in [6.45, 7) is 1.44. The molecule has 1 aromatic heterocycles. The number of imidazole rings is 1. The van der Waals surface area contributed by atoms with Gasteiger partial charge in [0.2, 0.25) is 17.7 Å². The van der Waals surface area contributed by atoms with E-state index in [9.17, 15) is 68.1 Å². The number of nitrogens with one attached hydrogen (secondary N) is 4. The molecular weight excluding hydrogens is 1020 g/mol. The summed E-state index contributed by atoms with van der Waals surface area (Å²) in [5.41, 5.74) is 6.72. The van der Waals surface area contributed by atoms with Gasteiger partial charge in [-0.2, -0.15) is 0 Å². The second-order valence-corrected chi connectivity index (χ2v) is 20.2. The number of ketones is 4. The van der Waals surface area contributed by atoms with Gasteiger partial charge in [-0.25, -0.2) is 9.78 Å². The lowest BCUT2D eigenvalue weighted by Crippen LogP contribution is -2.42. The Kier molecular flexibility index (Phi) is 39.5. The second-order valence-electron chi connectivity index (χ2n) is 20.2. The van der Waals surface area contributed by atoms with Crippen LogP contribution in [0.5, 0.6) is 0 Å². The van der Waals surface area contributed by atoms with Crippen LogP contribution in [0.3, 0.4) is 0 Å². The molecule has 0 unspecified atom stereocenters. The monoisotopic (exact) mass is 1110 g/mol. The van der Waals surface area contributed by atoms with Crippen LogP contribution in [-0.4, -0.2) is 147 Å². The molecule has 23 heteroatoms. The molecule has 444 valence electrons. The number of carbonyl (C=O) groups excluding carboxylic acids is 7. The largest absolute Gasteiger partial charge is 0.481 e. The fraction of sp³-hybridized carbons (Fsp3) is 0.745. The van der Waals surface area contributed by atoms with Crippen LogP contribution in [0, 0.1) is 17.8 Å². The number of aromatic amines is 1. The molecule has 1 rings (SSSR count). The van der Waals surface area contributed by atoms with Gasteiger partial charge in [0.25, 0.3) is 0 Å². The molecule has 10 N–H and O–H groups in total. The normalized spacial score (nSPS) is 13.1. The molecule has 5 atom stereocenters. The number of amides is 3. The van der Waals surface area contributed by atoms with E-state index in [1.54, 1.807) is 6.20 Å². The molecule has 0 bridgehead atoms. The maximum atomic E-state index is 12.6. The molecular formula is C55H92N6O17. The van der Waals surface area contributed by atoms with Crippen molar-refractivity contribution in [1.29, 1.82) is 0 Å². The first kappa shape index (κ1) is 70.1. The first-order valence-electron chi connectivity index (χ1n) is 28.0. The molecule has 0 saturated heterocycles. The molecule has 0 aliphatic heterocycles. The highest BCUT2D eigenvalue weighted by Crippen LogP contribution is 2.19. The smallest absolute Gasteiger partial charge is 0.326 e. The van der Waals surface area contributed by atoms with E-state index < -0.39 is 96.7 Å². The van der Waals surface area contributed by atoms with Gasteiger partial charge in [-0.15, -0.1) is 0 Å². The summed E-state index contributed by atoms with van der Waals surface area (Å²) < 4.78 is 10.7. The Morgan fingerprint density at radius 3 is 1.59 bits per heavy atom. The zero-order valence-corrected chi connectivity index (χ0v) is 45.9. The van der Waals surface area contributed by atoms with E-state index in [1.165, 1.54) is 45.4 Å². The number of rotatable bonds is 53. The minimum atomic E-state index is -1.44. The third-order valence-corrected chi connectivity index (χ3v) is 13.4. The first-order chi connectivity index (χ1) is 37.3. The van der Waals surface area contributed by atoms with Crippen LogP contribution in [0.25, 0.3) is 0 Å². The number of hydrogen-bond acceptors (Lipinski definition) is 15. The number of carboxylic acids is 4. The second kappa shape index (κ2) is 44.0. The van der Waals surface area contributed by atoms with Crippen molar-refractivity contribution in [3.05, 3.63) is 18.2 Å². The van der Waals surface area contributed by atoms with Crippen molar-refractivity contribution in [3.63, 3.8) is 0 Å². The molecule has 0 radical (unpaired) electrons. The Bertz CT molecular complexity index is 1970. The Morgan fingerprint density at radius 1 is 0.551 bits per heavy atom. The summed E-state index contributed by atoms with van der Waals surface area (Å²) in [5.74, 6) is -10.0. The van der Waals surface area contributed by atoms with Gasteiger partial charge >= 0.3 is 23.9 Å². The third kappa shape index (κ3) is 37.8. The predicted octanol–water partition coefficient (Wildman–Crippen LogP) is 5.68. The molecule has 3 amide bonds. The number of carboxylic acid groups (broad SMARTS) is 4. The average molecular weight is 1110 g/mol. The number of nitrogens with two attached hydrogens (primary N) is 1. The van der Waals surface area contributed by atoms with Crippen LogP contribution in [-0.2, 0) is 68.6 Å². The molecule has 78 heavy (non-hydrogen) atoms. The van der Waals surface area contributed by atoms with Crippen molar-refractivity contribution in [1.82, 2.24) is 25.9 Å². The summed E-state index contributed by atoms with van der Waals surface area (Å²) in [6, 6.07) is -2.22. The number of carbonyl (C=O) groups is 11. The van der Waals surface area contributed by atoms with Crippen LogP contribution < -0.4 is 21.7 Å². The Morgan fingerprint density at radius 2 is 1.06 bits per heavy atom. The number of aliphatic carboxylic acids is 4. The Balaban J connectivity index is 0.0000608. The number of H-pyrrole nitrogens is 1. The van der Waals surface area contributed by atoms with Gasteiger partial charge in [0.1, 0.15) is 24.2 Å². The number of ether oxygens (including phenoxy) is 2. The van der Waals surface area contributed by atoms with Crippen molar-refractivity contribution in [2.75, 3.05) is 39.5 Å². The van der Waals surface area contributed by atoms with E-state index in [2.05, 4.69) is 25.9 Å². The molecule has 23 nitrogen and oxygen atoms in total. The lowest BCUT2D eigenvalue weighted by atomic mass is 9.90. The third-order valence-electron chi connectivity index (χ3n) is 13.4. The number of aromatic nitrogens is 2. The van der Waals surface area contributed by atoms with E-state index in [4.69, 9.17) is 20.3 Å². The van der Waals surface area contributed by atoms with Gasteiger partial charge in [-0.05, 0) is 51.9 Å². The Labute approximate surface area is 459 Å². The van der Waals surface area contributed by atoms with Crippen molar-refractivity contribution >= 4 is 64.7 Å². The molecule has 1 aromatic rings. The maximum Gasteiger partial charge on any atom is 0.326 e. The Hall–Kier alpha value is -5.94. The topological polar surface area (TPSA) is 378 Å². The fourth-order valence-corrected chi connectivity index (χ4v) is 8.65. The van der Waals surface area contributed by atoms with Crippen LogP contribution >= 0.6 is 0 Å². The molecule has 0 saturated carbocycles. The van der Waals surface area contributed by atoms with Gasteiger partial charge in [0, 0.05) is 90.1 Å². The van der Waals surface area contributed by atoms with E-state index >= 15 is 0 Å². The SMILES string of the molecule is CC(=O)[C@H](CCCCNC(=O)CC[C@H](NC(=O)CC[C@H](CC(=O)COCCOCCNC(=O)CC[C@H](CC(=O)CCCCCCCCCCCCCCCCC(=O)O)C(=O)O)C(=O)O)C(=O)O)CC(=O)[C@@H](N)Cc1cnc[nH]1.[HH]. The van der Waals surface area contributed by atoms with E-state index in [0.717, 1.165) is 51.4 Å². The average Bonchev–Trinajstić information content (AvgIpc) is 3.90. The highest BCUT2D eigenvalue weighted by molar-refractivity contribution is 5.90. The van der Waals surface area contributed by atoms with Crippen molar-refractivity contribution in [3.8, 4) is 0 Å². The summed E-state index contributed by atoms with van der Waals surface area (Å²) >= 11 is 0. The van der Waals surface area contributed by atoms with Crippen LogP contribution in [0.4, 0.5) is 0 Å². The fourth-order valence-electron chi connectivity index (χ4n) is 8.65. The zero-order valence-electron chi connectivity index (χ0n) is 45.9. The van der Waals surface area contributed by atoms with E-state index in [0.29, 0.717) is 37.8 Å². The van der Waals surface area contributed by atoms with Crippen LogP contribution in [0.15, 0.2) is 12.5 Å². The minimum Gasteiger partial charge on any atom is -0.481 e. The number of unbranched alkanes of at least 4 members (excludes halogenated alkanes) is 14. The zero-order chi connectivity index (χ0) is 57.9. The highest BCUT2D eigenvalue weighted by atomic mass is 16.5. The predicted molar refractivity (Wildman–Crippen MR) is 288 cm³/mol. The lowest BCUT2D eigenvalue weighted by Gasteiger charge is -2.17. The van der Waals surface area contributed by atoms with Gasteiger partial charge in [-0.1, -0.05) is 83.5 Å². The molecule has 0 fully saturated rings. The van der Waals surface area contributed by atoms with Crippen molar-refractivity contribution < 1.29 is 84.1 Å². The summed E-state index contributed by atoms with van der Waals surface area (Å²) in [4.78, 5) is 140. The van der Waals surface area contributed by atoms with Crippen molar-refractivity contribution in [2.45, 2.75) is 205 Å². The molecule has 0 aromatic carbocycles. The lowest BCUT2D eigenvalue weighted by molar-refractivity contribution is -0.145. The van der Waals surface area contributed by atoms with E-state index in [-0.39, 0.29) is 109 Å². The minimum absolute atomic E-state index is 0. The van der Waals surface area contributed by atoms with Crippen molar-refractivity contribution in [2.24, 2.45) is 23.5 Å². The highest BCUT2D eigenvalue weighted by Gasteiger charge is 2.27. The van der Waals surface area contributed by atoms with E-state index in [1.807, 2.05) is 0 Å². The maximum absolute atomic E-state index is 12.6. The number of nitrogens with zero attached hydrogens (tertiary/aromatic N) is 1. The van der Waals surface area contributed by atoms with Gasteiger partial charge in [0.15, 0.2) is 11.6 Å². The first-order valence-corrected chi connectivity index (χ1v) is 28.0. The molecule has 0 aliphatic carbocycles. The van der Waals surface area contributed by atoms with Gasteiger partial charge < -0.3 is 56.6 Å². The van der Waals surface area contributed by atoms with Gasteiger partial charge in [0.05, 0.1) is 44.0 Å².